The van der Waals surface area contributed by atoms with Crippen LogP contribution in [0.25, 0.3) is 0 Å². The Morgan fingerprint density at radius 2 is 1.42 bits per heavy atom. The van der Waals surface area contributed by atoms with Gasteiger partial charge in [0, 0.05) is 0 Å². The van der Waals surface area contributed by atoms with E-state index >= 15 is 0 Å². The van der Waals surface area contributed by atoms with E-state index in [0.717, 1.165) is 11.0 Å². The lowest BCUT2D eigenvalue weighted by Crippen LogP contribution is -3.00. The number of quaternary nitrogens is 1. The van der Waals surface area contributed by atoms with Crippen molar-refractivity contribution in [3.63, 3.8) is 0 Å². The molecule has 2 nitrogen and oxygen atoms in total. The summed E-state index contributed by atoms with van der Waals surface area (Å²) < 4.78 is 1.03. The van der Waals surface area contributed by atoms with Crippen LogP contribution < -0.4 is 17.0 Å². The van der Waals surface area contributed by atoms with E-state index in [9.17, 15) is 0 Å². The standard InChI is InChI=1S/C9H22NO.BrH/c1-4-6-10(3,7-5-2)8-9-11;/h11H,4-9H2,1-3H3;1H/q+1;/p-1. The zero-order chi connectivity index (χ0) is 8.74. The van der Waals surface area contributed by atoms with E-state index < -0.39 is 0 Å². The Bertz CT molecular complexity index is 81.5. The fourth-order valence-electron chi connectivity index (χ4n) is 1.66. The molecular weight excluding hydrogens is 218 g/mol. The minimum Gasteiger partial charge on any atom is -1.00 e. The molecule has 0 unspecified atom stereocenters. The molecule has 0 heterocycles. The zero-order valence-electron chi connectivity index (χ0n) is 8.52. The quantitative estimate of drug-likeness (QED) is 0.546. The fourth-order valence-corrected chi connectivity index (χ4v) is 1.66. The van der Waals surface area contributed by atoms with Gasteiger partial charge >= 0.3 is 0 Å². The summed E-state index contributed by atoms with van der Waals surface area (Å²) in [6.07, 6.45) is 2.41. The third-order valence-corrected chi connectivity index (χ3v) is 2.17. The molecule has 0 radical (unpaired) electrons. The van der Waals surface area contributed by atoms with Crippen molar-refractivity contribution in [2.24, 2.45) is 0 Å². The molecule has 76 valence electrons. The van der Waals surface area contributed by atoms with E-state index in [2.05, 4.69) is 20.9 Å². The first-order valence-electron chi connectivity index (χ1n) is 4.63. The van der Waals surface area contributed by atoms with Crippen LogP contribution in [0.3, 0.4) is 0 Å². The van der Waals surface area contributed by atoms with Crippen molar-refractivity contribution < 1.29 is 26.6 Å². The average molecular weight is 240 g/mol. The highest BCUT2D eigenvalue weighted by Gasteiger charge is 2.17. The Morgan fingerprint density at radius 1 is 1.00 bits per heavy atom. The number of likely N-dealkylation sites (N-methyl/N-ethyl adjacent to an activating group) is 1. The van der Waals surface area contributed by atoms with Gasteiger partial charge in [-0.05, 0) is 12.8 Å². The largest absolute Gasteiger partial charge is 1.00 e. The second kappa shape index (κ2) is 8.02. The third kappa shape index (κ3) is 5.98. The van der Waals surface area contributed by atoms with E-state index in [-0.39, 0.29) is 17.0 Å². The Kier molecular flexibility index (Phi) is 9.96. The maximum atomic E-state index is 8.84. The number of rotatable bonds is 6. The molecule has 3 heteroatoms. The van der Waals surface area contributed by atoms with Gasteiger partial charge in [0.25, 0.3) is 0 Å². The molecule has 0 aliphatic rings. The smallest absolute Gasteiger partial charge is 0.102 e. The first kappa shape index (κ1) is 14.9. The van der Waals surface area contributed by atoms with Gasteiger partial charge in [-0.3, -0.25) is 0 Å². The molecule has 0 saturated carbocycles. The van der Waals surface area contributed by atoms with Gasteiger partial charge in [0.2, 0.25) is 0 Å². The van der Waals surface area contributed by atoms with Gasteiger partial charge in [-0.25, -0.2) is 0 Å². The van der Waals surface area contributed by atoms with Gasteiger partial charge in [0.05, 0.1) is 26.7 Å². The molecule has 0 amide bonds. The summed E-state index contributed by atoms with van der Waals surface area (Å²) in [5, 5.41) is 8.84. The Hall–Kier alpha value is 0.400. The summed E-state index contributed by atoms with van der Waals surface area (Å²) in [6, 6.07) is 0. The van der Waals surface area contributed by atoms with Gasteiger partial charge in [0.15, 0.2) is 0 Å². The summed E-state index contributed by atoms with van der Waals surface area (Å²) in [6.45, 7) is 7.99. The Labute approximate surface area is 86.9 Å². The number of aliphatic hydroxyl groups is 1. The van der Waals surface area contributed by atoms with Gasteiger partial charge < -0.3 is 26.6 Å². The lowest BCUT2D eigenvalue weighted by molar-refractivity contribution is -0.909. The Morgan fingerprint density at radius 3 is 1.67 bits per heavy atom. The molecule has 0 aliphatic heterocycles. The van der Waals surface area contributed by atoms with E-state index in [1.165, 1.54) is 25.9 Å². The van der Waals surface area contributed by atoms with Crippen LogP contribution in [0.15, 0.2) is 0 Å². The number of aliphatic hydroxyl groups excluding tert-OH is 1. The molecule has 0 aromatic rings. The first-order valence-corrected chi connectivity index (χ1v) is 4.63. The summed E-state index contributed by atoms with van der Waals surface area (Å²) in [4.78, 5) is 0. The third-order valence-electron chi connectivity index (χ3n) is 2.17. The van der Waals surface area contributed by atoms with Crippen molar-refractivity contribution in [2.45, 2.75) is 26.7 Å². The van der Waals surface area contributed by atoms with Crippen LogP contribution in [0.2, 0.25) is 0 Å². The monoisotopic (exact) mass is 239 g/mol. The maximum absolute atomic E-state index is 8.84. The van der Waals surface area contributed by atoms with Crippen LogP contribution in [0.4, 0.5) is 0 Å². The van der Waals surface area contributed by atoms with Crippen molar-refractivity contribution in [2.75, 3.05) is 33.3 Å². The molecule has 0 saturated heterocycles. The van der Waals surface area contributed by atoms with Crippen molar-refractivity contribution in [1.82, 2.24) is 0 Å². The molecule has 0 aliphatic carbocycles. The fraction of sp³-hybridized carbons (Fsp3) is 1.00. The molecule has 0 spiro atoms. The van der Waals surface area contributed by atoms with E-state index in [1.807, 2.05) is 0 Å². The second-order valence-electron chi connectivity index (χ2n) is 3.51. The van der Waals surface area contributed by atoms with E-state index in [4.69, 9.17) is 5.11 Å². The lowest BCUT2D eigenvalue weighted by Gasteiger charge is -2.33. The Balaban J connectivity index is 0. The molecule has 0 bridgehead atoms. The van der Waals surface area contributed by atoms with Crippen LogP contribution in [0, 0.1) is 0 Å². The van der Waals surface area contributed by atoms with Crippen molar-refractivity contribution >= 4 is 0 Å². The van der Waals surface area contributed by atoms with Gasteiger partial charge in [-0.1, -0.05) is 13.8 Å². The van der Waals surface area contributed by atoms with Gasteiger partial charge in [0.1, 0.15) is 6.54 Å². The maximum Gasteiger partial charge on any atom is 0.102 e. The van der Waals surface area contributed by atoms with Crippen LogP contribution in [0.1, 0.15) is 26.7 Å². The van der Waals surface area contributed by atoms with Crippen LogP contribution >= 0.6 is 0 Å². The molecule has 0 aromatic carbocycles. The highest BCUT2D eigenvalue weighted by molar-refractivity contribution is 4.37. The minimum atomic E-state index is 0. The highest BCUT2D eigenvalue weighted by atomic mass is 79.9. The predicted molar refractivity (Wildman–Crippen MR) is 48.5 cm³/mol. The second-order valence-corrected chi connectivity index (χ2v) is 3.51. The van der Waals surface area contributed by atoms with Gasteiger partial charge in [-0.15, -0.1) is 0 Å². The van der Waals surface area contributed by atoms with Crippen molar-refractivity contribution in [1.29, 1.82) is 0 Å². The molecule has 0 rings (SSSR count). The molecule has 12 heavy (non-hydrogen) atoms. The number of halogens is 1. The molecule has 1 N–H and O–H groups in total. The number of hydrogen-bond acceptors (Lipinski definition) is 1. The summed E-state index contributed by atoms with van der Waals surface area (Å²) >= 11 is 0. The first-order chi connectivity index (χ1) is 5.18. The summed E-state index contributed by atoms with van der Waals surface area (Å²) in [7, 11) is 2.23. The van der Waals surface area contributed by atoms with Gasteiger partial charge in [-0.2, -0.15) is 0 Å². The summed E-state index contributed by atoms with van der Waals surface area (Å²) in [5.41, 5.74) is 0. The van der Waals surface area contributed by atoms with E-state index in [1.54, 1.807) is 0 Å². The van der Waals surface area contributed by atoms with E-state index in [0.29, 0.717) is 6.61 Å². The zero-order valence-corrected chi connectivity index (χ0v) is 10.1. The van der Waals surface area contributed by atoms with Crippen LogP contribution in [-0.4, -0.2) is 42.9 Å². The number of hydrogen-bond donors (Lipinski definition) is 1. The minimum absolute atomic E-state index is 0. The summed E-state index contributed by atoms with van der Waals surface area (Å²) in [5.74, 6) is 0. The topological polar surface area (TPSA) is 20.2 Å². The van der Waals surface area contributed by atoms with Crippen molar-refractivity contribution in [3.05, 3.63) is 0 Å². The number of nitrogens with zero attached hydrogens (tertiary/aromatic N) is 1. The van der Waals surface area contributed by atoms with Crippen molar-refractivity contribution in [3.8, 4) is 0 Å². The molecule has 0 aromatic heterocycles. The SMILES string of the molecule is CCC[N+](C)(CCC)CCO.[Br-]. The molecule has 0 fully saturated rings. The predicted octanol–water partition coefficient (Wildman–Crippen LogP) is -1.75. The highest BCUT2D eigenvalue weighted by Crippen LogP contribution is 2.04. The molecule has 0 atom stereocenters. The normalized spacial score (nSPS) is 11.0. The molecular formula is C9H22BrNO. The average Bonchev–Trinajstić information content (AvgIpc) is 1.88. The van der Waals surface area contributed by atoms with Crippen LogP contribution in [-0.2, 0) is 0 Å². The van der Waals surface area contributed by atoms with Crippen LogP contribution in [0.5, 0.6) is 0 Å². The lowest BCUT2D eigenvalue weighted by atomic mass is 10.3.